The molecule has 2 N–H and O–H groups in total. The highest BCUT2D eigenvalue weighted by Gasteiger charge is 2.56. The highest BCUT2D eigenvalue weighted by molar-refractivity contribution is 5.21. The normalized spacial score (nSPS) is 44.6. The lowest BCUT2D eigenvalue weighted by Crippen LogP contribution is -2.53. The molecule has 0 aliphatic heterocycles. The maximum atomic E-state index is 10.5. The number of hydrogen-bond acceptors (Lipinski definition) is 3. The van der Waals surface area contributed by atoms with Crippen molar-refractivity contribution in [2.45, 2.75) is 96.6 Å². The van der Waals surface area contributed by atoms with Gasteiger partial charge in [-0.05, 0) is 104 Å². The summed E-state index contributed by atoms with van der Waals surface area (Å²) in [5.41, 5.74) is 10.9. The number of aliphatic hydroxyl groups is 1. The summed E-state index contributed by atoms with van der Waals surface area (Å²) in [6.45, 7) is 11.0. The van der Waals surface area contributed by atoms with Crippen LogP contribution in [0, 0.1) is 34.5 Å². The van der Waals surface area contributed by atoms with Crippen LogP contribution >= 0.6 is 0 Å². The number of allylic oxidation sites excluding steroid dienone is 1. The van der Waals surface area contributed by atoms with E-state index in [2.05, 4.69) is 35.8 Å². The monoisotopic (exact) mass is 414 g/mol. The van der Waals surface area contributed by atoms with Crippen molar-refractivity contribution in [3.8, 4) is 0 Å². The first kappa shape index (κ1) is 22.2. The molecular weight excluding hydrogens is 372 g/mol. The Balaban J connectivity index is 1.58. The smallest absolute Gasteiger partial charge is 0.0543 e. The van der Waals surface area contributed by atoms with Crippen LogP contribution < -0.4 is 5.32 Å². The van der Waals surface area contributed by atoms with Gasteiger partial charge in [-0.15, -0.1) is 0 Å². The maximum Gasteiger partial charge on any atom is 0.0543 e. The van der Waals surface area contributed by atoms with E-state index < -0.39 is 0 Å². The van der Waals surface area contributed by atoms with Gasteiger partial charge in [-0.2, -0.15) is 0 Å². The molecule has 0 bridgehead atoms. The van der Waals surface area contributed by atoms with Crippen molar-refractivity contribution in [3.63, 3.8) is 0 Å². The van der Waals surface area contributed by atoms with Crippen molar-refractivity contribution in [1.29, 1.82) is 0 Å². The molecule has 4 rings (SSSR count). The zero-order valence-corrected chi connectivity index (χ0v) is 19.2. The van der Waals surface area contributed by atoms with Gasteiger partial charge >= 0.3 is 0 Å². The molecule has 0 aromatic carbocycles. The number of nitrogens with one attached hydrogen (secondary N) is 1. The van der Waals surface area contributed by atoms with Crippen LogP contribution in [0.1, 0.15) is 84.5 Å². The van der Waals surface area contributed by atoms with Crippen molar-refractivity contribution < 1.29 is 5.11 Å². The first-order valence-corrected chi connectivity index (χ1v) is 12.5. The molecule has 0 amide bonds. The second-order valence-electron chi connectivity index (χ2n) is 11.4. The molecule has 4 saturated carbocycles. The zero-order chi connectivity index (χ0) is 21.4. The van der Waals surface area contributed by atoms with E-state index in [1.807, 2.05) is 0 Å². The largest absolute Gasteiger partial charge is 0.393 e. The summed E-state index contributed by atoms with van der Waals surface area (Å²) < 4.78 is 0. The molecule has 7 atom stereocenters. The Labute approximate surface area is 182 Å². The van der Waals surface area contributed by atoms with Crippen LogP contribution in [0.15, 0.2) is 17.3 Å². The van der Waals surface area contributed by atoms with E-state index in [9.17, 15) is 5.11 Å². The van der Waals surface area contributed by atoms with Crippen LogP contribution in [0.5, 0.6) is 0 Å². The van der Waals surface area contributed by atoms with Crippen LogP contribution in [-0.4, -0.2) is 30.3 Å². The lowest BCUT2D eigenvalue weighted by atomic mass is 9.49. The molecule has 4 aliphatic carbocycles. The van der Waals surface area contributed by atoms with Crippen LogP contribution in [0.25, 0.3) is 10.4 Å². The van der Waals surface area contributed by atoms with E-state index in [1.165, 1.54) is 50.5 Å². The maximum absolute atomic E-state index is 10.5. The number of aliphatic hydroxyl groups excluding tert-OH is 1. The van der Waals surface area contributed by atoms with Gasteiger partial charge in [0.2, 0.25) is 0 Å². The minimum absolute atomic E-state index is 0.163. The zero-order valence-electron chi connectivity index (χ0n) is 19.2. The molecule has 0 radical (unpaired) electrons. The van der Waals surface area contributed by atoms with Crippen molar-refractivity contribution >= 4 is 0 Å². The topological polar surface area (TPSA) is 81.0 Å². The summed E-state index contributed by atoms with van der Waals surface area (Å²) in [7, 11) is 0. The van der Waals surface area contributed by atoms with E-state index >= 15 is 0 Å². The van der Waals surface area contributed by atoms with Gasteiger partial charge in [0.1, 0.15) is 0 Å². The minimum Gasteiger partial charge on any atom is -0.393 e. The fourth-order valence-electron chi connectivity index (χ4n) is 8.04. The van der Waals surface area contributed by atoms with Crippen molar-refractivity contribution in [1.82, 2.24) is 5.32 Å². The number of nitrogens with zero attached hydrogens (tertiary/aromatic N) is 3. The van der Waals surface area contributed by atoms with Crippen LogP contribution in [-0.2, 0) is 0 Å². The number of fused-ring (bicyclic) bond motifs is 1. The predicted octanol–water partition coefficient (Wildman–Crippen LogP) is 5.99. The third-order valence-electron chi connectivity index (χ3n) is 10.1. The minimum atomic E-state index is -0.163. The Morgan fingerprint density at radius 2 is 1.90 bits per heavy atom. The fourth-order valence-corrected chi connectivity index (χ4v) is 8.04. The lowest BCUT2D eigenvalue weighted by molar-refractivity contribution is -0.0784. The summed E-state index contributed by atoms with van der Waals surface area (Å²) in [5.74, 6) is 2.08. The van der Waals surface area contributed by atoms with E-state index in [-0.39, 0.29) is 16.9 Å². The lowest BCUT2D eigenvalue weighted by Gasteiger charge is -2.57. The predicted molar refractivity (Wildman–Crippen MR) is 122 cm³/mol. The summed E-state index contributed by atoms with van der Waals surface area (Å²) >= 11 is 0. The number of azide groups is 1. The Kier molecular flexibility index (Phi) is 6.53. The van der Waals surface area contributed by atoms with Crippen LogP contribution in [0.4, 0.5) is 0 Å². The Hall–Kier alpha value is -1.03. The van der Waals surface area contributed by atoms with Gasteiger partial charge in [0.25, 0.3) is 0 Å². The van der Waals surface area contributed by atoms with Gasteiger partial charge in [0.15, 0.2) is 0 Å². The van der Waals surface area contributed by atoms with E-state index in [0.29, 0.717) is 36.3 Å². The first-order valence-electron chi connectivity index (χ1n) is 12.5. The van der Waals surface area contributed by atoms with Gasteiger partial charge in [0.05, 0.1) is 6.10 Å². The molecule has 5 heteroatoms. The molecule has 0 aromatic rings. The van der Waals surface area contributed by atoms with Crippen LogP contribution in [0.3, 0.4) is 0 Å². The van der Waals surface area contributed by atoms with Gasteiger partial charge in [-0.25, -0.2) is 0 Å². The molecule has 0 heterocycles. The summed E-state index contributed by atoms with van der Waals surface area (Å²) in [5, 5.41) is 18.5. The molecule has 4 fully saturated rings. The van der Waals surface area contributed by atoms with E-state index in [1.54, 1.807) is 0 Å². The molecule has 30 heavy (non-hydrogen) atoms. The van der Waals surface area contributed by atoms with Crippen molar-refractivity contribution in [2.75, 3.05) is 13.1 Å². The molecule has 0 saturated heterocycles. The quantitative estimate of drug-likeness (QED) is 0.242. The summed E-state index contributed by atoms with van der Waals surface area (Å²) in [6.07, 6.45) is 12.8. The Bertz CT molecular complexity index is 683. The standard InChI is InChI=1S/C25H42N4O/c1-17-8-9-22-21(16-28-29-26)23(11-13-24(17,22)2)25(3)12-10-20(30)14-18(25)15-27-19-6-4-5-7-19/h18-23,27,30H,1,4-16H2,2-3H3/t18-,20+,21+,22?,23?,24-,25+/m1/s1. The van der Waals surface area contributed by atoms with E-state index in [4.69, 9.17) is 5.53 Å². The van der Waals surface area contributed by atoms with Gasteiger partial charge < -0.3 is 10.4 Å². The summed E-state index contributed by atoms with van der Waals surface area (Å²) in [4.78, 5) is 3.16. The van der Waals surface area contributed by atoms with Crippen LogP contribution in [0.2, 0.25) is 0 Å². The highest BCUT2D eigenvalue weighted by atomic mass is 16.3. The van der Waals surface area contributed by atoms with Crippen molar-refractivity contribution in [3.05, 3.63) is 22.6 Å². The number of rotatable bonds is 6. The average molecular weight is 415 g/mol. The second kappa shape index (κ2) is 8.84. The molecule has 4 aliphatic rings. The molecule has 168 valence electrons. The first-order chi connectivity index (χ1) is 14.4. The molecule has 5 nitrogen and oxygen atoms in total. The van der Waals surface area contributed by atoms with Crippen molar-refractivity contribution in [2.24, 2.45) is 39.6 Å². The second-order valence-corrected chi connectivity index (χ2v) is 11.4. The Morgan fingerprint density at radius 1 is 1.13 bits per heavy atom. The highest BCUT2D eigenvalue weighted by Crippen LogP contribution is 2.63. The van der Waals surface area contributed by atoms with E-state index in [0.717, 1.165) is 32.2 Å². The molecule has 0 spiro atoms. The molecule has 0 aromatic heterocycles. The van der Waals surface area contributed by atoms with Gasteiger partial charge in [-0.3, -0.25) is 0 Å². The third-order valence-corrected chi connectivity index (χ3v) is 10.1. The molecular formula is C25H42N4O. The van der Waals surface area contributed by atoms with Gasteiger partial charge in [0, 0.05) is 17.5 Å². The average Bonchev–Trinajstić information content (AvgIpc) is 3.35. The Morgan fingerprint density at radius 3 is 2.63 bits per heavy atom. The third kappa shape index (κ3) is 3.94. The summed E-state index contributed by atoms with van der Waals surface area (Å²) in [6, 6.07) is 0.667. The fraction of sp³-hybridized carbons (Fsp3) is 0.920. The van der Waals surface area contributed by atoms with Gasteiger partial charge in [-0.1, -0.05) is 44.0 Å². The number of hydrogen-bond donors (Lipinski definition) is 2. The molecule has 2 unspecified atom stereocenters. The SMILES string of the molecule is C=C1CCC2[C@H](CN=[N+]=[N-])C([C@@]3(C)CC[C@H](O)C[C@@H]3CNC3CCCC3)CC[C@]12C.